The highest BCUT2D eigenvalue weighted by Gasteiger charge is 2.18. The Bertz CT molecular complexity index is 855. The zero-order valence-corrected chi connectivity index (χ0v) is 14.7. The predicted octanol–water partition coefficient (Wildman–Crippen LogP) is 6.32. The van der Waals surface area contributed by atoms with Crippen LogP contribution in [0, 0.1) is 0 Å². The molecular weight excluding hydrogens is 326 g/mol. The average Bonchev–Trinajstić information content (AvgIpc) is 2.92. The number of para-hydroxylation sites is 1. The summed E-state index contributed by atoms with van der Waals surface area (Å²) in [6.45, 7) is 4.31. The summed E-state index contributed by atoms with van der Waals surface area (Å²) in [5.41, 5.74) is 2.01. The number of nitrogens with one attached hydrogen (secondary N) is 1. The summed E-state index contributed by atoms with van der Waals surface area (Å²) in [4.78, 5) is 13.2. The Labute approximate surface area is 145 Å². The van der Waals surface area contributed by atoms with Gasteiger partial charge in [-0.2, -0.15) is 0 Å². The molecule has 0 spiro atoms. The lowest BCUT2D eigenvalue weighted by atomic mass is 9.97. The third kappa shape index (κ3) is 3.12. The highest BCUT2D eigenvalue weighted by atomic mass is 35.5. The number of hydrogen-bond donors (Lipinski definition) is 1. The fourth-order valence-electron chi connectivity index (χ4n) is 2.60. The van der Waals surface area contributed by atoms with E-state index in [1.54, 1.807) is 0 Å². The molecule has 23 heavy (non-hydrogen) atoms. The van der Waals surface area contributed by atoms with Gasteiger partial charge in [0.2, 0.25) is 0 Å². The number of anilines is 1. The van der Waals surface area contributed by atoms with Crippen LogP contribution in [-0.2, 0) is 0 Å². The van der Waals surface area contributed by atoms with E-state index < -0.39 is 0 Å². The van der Waals surface area contributed by atoms with Gasteiger partial charge in [-0.05, 0) is 30.0 Å². The first-order valence-corrected chi connectivity index (χ1v) is 8.88. The van der Waals surface area contributed by atoms with E-state index in [1.165, 1.54) is 11.3 Å². The fraction of sp³-hybridized carbons (Fsp3) is 0.211. The Hall–Kier alpha value is -1.84. The van der Waals surface area contributed by atoms with Crippen molar-refractivity contribution in [2.24, 2.45) is 0 Å². The molecule has 0 aliphatic rings. The summed E-state index contributed by atoms with van der Waals surface area (Å²) >= 11 is 7.82. The van der Waals surface area contributed by atoms with Gasteiger partial charge in [-0.15, -0.1) is 11.3 Å². The third-order valence-corrected chi connectivity index (χ3v) is 5.77. The Kier molecular flexibility index (Phi) is 4.69. The molecule has 4 heteroatoms. The van der Waals surface area contributed by atoms with Crippen LogP contribution in [0.2, 0.25) is 5.02 Å². The lowest BCUT2D eigenvalue weighted by Gasteiger charge is -2.15. The van der Waals surface area contributed by atoms with Crippen molar-refractivity contribution in [3.05, 3.63) is 64.0 Å². The van der Waals surface area contributed by atoms with Gasteiger partial charge in [0.1, 0.15) is 4.88 Å². The summed E-state index contributed by atoms with van der Waals surface area (Å²) in [5, 5.41) is 4.49. The molecule has 0 fully saturated rings. The molecule has 0 radical (unpaired) electrons. The van der Waals surface area contributed by atoms with E-state index in [0.717, 1.165) is 27.8 Å². The maximum absolute atomic E-state index is 12.7. The normalized spacial score (nSPS) is 12.3. The molecule has 1 heterocycles. The molecule has 0 bridgehead atoms. The molecule has 2 nitrogen and oxygen atoms in total. The van der Waals surface area contributed by atoms with Gasteiger partial charge < -0.3 is 5.32 Å². The number of halogens is 1. The number of benzene rings is 2. The van der Waals surface area contributed by atoms with E-state index in [2.05, 4.69) is 25.2 Å². The Morgan fingerprint density at radius 1 is 1.17 bits per heavy atom. The SMILES string of the molecule is CC[C@H](C)c1ccccc1NC(=O)c1sc2ccccc2c1Cl. The van der Waals surface area contributed by atoms with Crippen LogP contribution in [0.3, 0.4) is 0 Å². The maximum atomic E-state index is 12.7. The zero-order chi connectivity index (χ0) is 16.4. The Morgan fingerprint density at radius 3 is 2.61 bits per heavy atom. The standard InChI is InChI=1S/C19H18ClNOS/c1-3-12(2)13-8-4-6-10-15(13)21-19(22)18-17(20)14-9-5-7-11-16(14)23-18/h4-12H,3H2,1-2H3,(H,21,22)/t12-/m0/s1. The molecule has 0 saturated heterocycles. The molecule has 0 aliphatic carbocycles. The quantitative estimate of drug-likeness (QED) is 0.590. The molecule has 1 N–H and O–H groups in total. The van der Waals surface area contributed by atoms with Crippen molar-refractivity contribution in [2.75, 3.05) is 5.32 Å². The highest BCUT2D eigenvalue weighted by Crippen LogP contribution is 2.36. The topological polar surface area (TPSA) is 29.1 Å². The molecule has 0 unspecified atom stereocenters. The molecular formula is C19H18ClNOS. The average molecular weight is 344 g/mol. The number of carbonyl (C=O) groups is 1. The van der Waals surface area contributed by atoms with Crippen molar-refractivity contribution in [1.29, 1.82) is 0 Å². The van der Waals surface area contributed by atoms with E-state index >= 15 is 0 Å². The van der Waals surface area contributed by atoms with Crippen molar-refractivity contribution < 1.29 is 4.79 Å². The van der Waals surface area contributed by atoms with Gasteiger partial charge in [0, 0.05) is 15.8 Å². The number of carbonyl (C=O) groups excluding carboxylic acids is 1. The number of fused-ring (bicyclic) bond motifs is 1. The summed E-state index contributed by atoms with van der Waals surface area (Å²) in [5.74, 6) is 0.247. The number of thiophene rings is 1. The van der Waals surface area contributed by atoms with Crippen molar-refractivity contribution in [2.45, 2.75) is 26.2 Å². The first-order valence-electron chi connectivity index (χ1n) is 7.69. The van der Waals surface area contributed by atoms with Crippen molar-refractivity contribution >= 4 is 44.6 Å². The second-order valence-corrected chi connectivity index (χ2v) is 7.02. The summed E-state index contributed by atoms with van der Waals surface area (Å²) in [6, 6.07) is 15.8. The lowest BCUT2D eigenvalue weighted by Crippen LogP contribution is -2.13. The lowest BCUT2D eigenvalue weighted by molar-refractivity contribution is 0.103. The van der Waals surface area contributed by atoms with Crippen LogP contribution in [0.4, 0.5) is 5.69 Å². The molecule has 1 amide bonds. The van der Waals surface area contributed by atoms with Crippen molar-refractivity contribution in [3.63, 3.8) is 0 Å². The molecule has 118 valence electrons. The van der Waals surface area contributed by atoms with Crippen LogP contribution in [0.5, 0.6) is 0 Å². The smallest absolute Gasteiger partial charge is 0.267 e. The predicted molar refractivity (Wildman–Crippen MR) is 99.9 cm³/mol. The van der Waals surface area contributed by atoms with E-state index in [0.29, 0.717) is 15.8 Å². The van der Waals surface area contributed by atoms with Gasteiger partial charge in [-0.1, -0.05) is 61.8 Å². The summed E-state index contributed by atoms with van der Waals surface area (Å²) in [6.07, 6.45) is 1.02. The molecule has 0 aliphatic heterocycles. The van der Waals surface area contributed by atoms with E-state index in [9.17, 15) is 4.79 Å². The van der Waals surface area contributed by atoms with Gasteiger partial charge in [0.05, 0.1) is 5.02 Å². The van der Waals surface area contributed by atoms with Crippen LogP contribution in [0.25, 0.3) is 10.1 Å². The molecule has 0 saturated carbocycles. The Balaban J connectivity index is 1.94. The van der Waals surface area contributed by atoms with Gasteiger partial charge >= 0.3 is 0 Å². The summed E-state index contributed by atoms with van der Waals surface area (Å²) < 4.78 is 1.03. The van der Waals surface area contributed by atoms with E-state index in [-0.39, 0.29) is 5.91 Å². The third-order valence-electron chi connectivity index (χ3n) is 4.09. The van der Waals surface area contributed by atoms with Crippen LogP contribution in [0.15, 0.2) is 48.5 Å². The van der Waals surface area contributed by atoms with Crippen LogP contribution in [0.1, 0.15) is 41.4 Å². The van der Waals surface area contributed by atoms with Crippen molar-refractivity contribution in [3.8, 4) is 0 Å². The monoisotopic (exact) mass is 343 g/mol. The van der Waals surface area contributed by atoms with Crippen LogP contribution < -0.4 is 5.32 Å². The van der Waals surface area contributed by atoms with Gasteiger partial charge in [-0.3, -0.25) is 4.79 Å². The highest BCUT2D eigenvalue weighted by molar-refractivity contribution is 7.21. The van der Waals surface area contributed by atoms with Gasteiger partial charge in [0.25, 0.3) is 5.91 Å². The maximum Gasteiger partial charge on any atom is 0.267 e. The second-order valence-electron chi connectivity index (χ2n) is 5.59. The fourth-order valence-corrected chi connectivity index (χ4v) is 4.01. The molecule has 3 rings (SSSR count). The summed E-state index contributed by atoms with van der Waals surface area (Å²) in [7, 11) is 0. The van der Waals surface area contributed by atoms with E-state index in [4.69, 9.17) is 11.6 Å². The second kappa shape index (κ2) is 6.73. The number of amides is 1. The molecule has 1 atom stereocenters. The molecule has 3 aromatic rings. The first kappa shape index (κ1) is 16.0. The number of hydrogen-bond acceptors (Lipinski definition) is 2. The zero-order valence-electron chi connectivity index (χ0n) is 13.1. The number of rotatable bonds is 4. The largest absolute Gasteiger partial charge is 0.321 e. The Morgan fingerprint density at radius 2 is 1.87 bits per heavy atom. The minimum atomic E-state index is -0.146. The minimum absolute atomic E-state index is 0.146. The van der Waals surface area contributed by atoms with Crippen LogP contribution in [-0.4, -0.2) is 5.91 Å². The van der Waals surface area contributed by atoms with Crippen LogP contribution >= 0.6 is 22.9 Å². The molecule has 1 aromatic heterocycles. The minimum Gasteiger partial charge on any atom is -0.321 e. The van der Waals surface area contributed by atoms with Crippen molar-refractivity contribution in [1.82, 2.24) is 0 Å². The van der Waals surface area contributed by atoms with Gasteiger partial charge in [0.15, 0.2) is 0 Å². The first-order chi connectivity index (χ1) is 11.1. The van der Waals surface area contributed by atoms with E-state index in [1.807, 2.05) is 42.5 Å². The van der Waals surface area contributed by atoms with Gasteiger partial charge in [-0.25, -0.2) is 0 Å². The molecule has 2 aromatic carbocycles.